The van der Waals surface area contributed by atoms with Crippen LogP contribution in [0.25, 0.3) is 0 Å². The van der Waals surface area contributed by atoms with Crippen molar-refractivity contribution in [3.05, 3.63) is 0 Å². The van der Waals surface area contributed by atoms with E-state index in [4.69, 9.17) is 4.74 Å². The summed E-state index contributed by atoms with van der Waals surface area (Å²) in [4.78, 5) is 13.7. The molecule has 0 saturated heterocycles. The summed E-state index contributed by atoms with van der Waals surface area (Å²) in [6.45, 7) is 9.97. The molecule has 0 aromatic heterocycles. The van der Waals surface area contributed by atoms with Crippen LogP contribution in [0.15, 0.2) is 0 Å². The molecule has 1 rings (SSSR count). The fourth-order valence-corrected chi connectivity index (χ4v) is 2.42. The highest BCUT2D eigenvalue weighted by molar-refractivity contribution is 5.68. The van der Waals surface area contributed by atoms with E-state index in [-0.39, 0.29) is 6.09 Å². The van der Waals surface area contributed by atoms with Crippen LogP contribution < -0.4 is 5.32 Å². The fourth-order valence-electron chi connectivity index (χ4n) is 2.42. The second-order valence-electron chi connectivity index (χ2n) is 6.35. The van der Waals surface area contributed by atoms with Crippen LogP contribution in [-0.2, 0) is 4.74 Å². The van der Waals surface area contributed by atoms with Crippen LogP contribution in [0.5, 0.6) is 0 Å². The lowest BCUT2D eigenvalue weighted by molar-refractivity contribution is 0.0260. The molecular formula is C15H30N2O2. The van der Waals surface area contributed by atoms with E-state index in [2.05, 4.69) is 5.32 Å². The molecule has 4 heteroatoms. The van der Waals surface area contributed by atoms with Crippen LogP contribution in [0.3, 0.4) is 0 Å². The molecule has 0 spiro atoms. The van der Waals surface area contributed by atoms with Gasteiger partial charge < -0.3 is 15.0 Å². The van der Waals surface area contributed by atoms with Crippen molar-refractivity contribution in [1.82, 2.24) is 10.2 Å². The van der Waals surface area contributed by atoms with E-state index in [1.807, 2.05) is 27.7 Å². The minimum atomic E-state index is -0.415. The van der Waals surface area contributed by atoms with Crippen molar-refractivity contribution < 1.29 is 9.53 Å². The number of nitrogens with one attached hydrogen (secondary N) is 1. The molecule has 112 valence electrons. The standard InChI is InChI=1S/C15H30N2O2/c1-5-17(14(18)19-15(2,3)4)12-11-16-13-9-7-6-8-10-13/h13,16H,5-12H2,1-4H3. The molecule has 0 aromatic rings. The predicted molar refractivity (Wildman–Crippen MR) is 78.4 cm³/mol. The first kappa shape index (κ1) is 16.3. The number of hydrogen-bond donors (Lipinski definition) is 1. The van der Waals surface area contributed by atoms with Gasteiger partial charge >= 0.3 is 6.09 Å². The third-order valence-corrected chi connectivity index (χ3v) is 3.45. The van der Waals surface area contributed by atoms with Gasteiger partial charge in [0.15, 0.2) is 0 Å². The first-order chi connectivity index (χ1) is 8.92. The molecule has 0 atom stereocenters. The second-order valence-corrected chi connectivity index (χ2v) is 6.35. The van der Waals surface area contributed by atoms with Gasteiger partial charge in [-0.1, -0.05) is 19.3 Å². The summed E-state index contributed by atoms with van der Waals surface area (Å²) in [5, 5.41) is 3.55. The molecule has 0 heterocycles. The zero-order valence-corrected chi connectivity index (χ0v) is 13.0. The van der Waals surface area contributed by atoms with Crippen LogP contribution in [0.4, 0.5) is 4.79 Å². The molecule has 1 amide bonds. The van der Waals surface area contributed by atoms with Crippen molar-refractivity contribution in [3.63, 3.8) is 0 Å². The molecule has 4 nitrogen and oxygen atoms in total. The molecule has 1 aliphatic rings. The Morgan fingerprint density at radius 3 is 2.42 bits per heavy atom. The Labute approximate surface area is 117 Å². The van der Waals surface area contributed by atoms with E-state index in [1.54, 1.807) is 4.90 Å². The first-order valence-electron chi connectivity index (χ1n) is 7.63. The third kappa shape index (κ3) is 6.81. The van der Waals surface area contributed by atoms with Crippen molar-refractivity contribution in [3.8, 4) is 0 Å². The van der Waals surface area contributed by atoms with Crippen molar-refractivity contribution in [2.45, 2.75) is 71.4 Å². The van der Waals surface area contributed by atoms with Crippen molar-refractivity contribution in [1.29, 1.82) is 0 Å². The molecule has 0 aromatic carbocycles. The number of ether oxygens (including phenoxy) is 1. The zero-order valence-electron chi connectivity index (χ0n) is 13.0. The summed E-state index contributed by atoms with van der Waals surface area (Å²) in [6, 6.07) is 0.645. The third-order valence-electron chi connectivity index (χ3n) is 3.45. The summed E-state index contributed by atoms with van der Waals surface area (Å²) in [5.74, 6) is 0. The van der Waals surface area contributed by atoms with Gasteiger partial charge in [0.2, 0.25) is 0 Å². The van der Waals surface area contributed by atoms with Gasteiger partial charge in [-0.3, -0.25) is 0 Å². The minimum Gasteiger partial charge on any atom is -0.444 e. The van der Waals surface area contributed by atoms with Gasteiger partial charge in [0.25, 0.3) is 0 Å². The Kier molecular flexibility index (Phi) is 6.63. The molecule has 1 N–H and O–H groups in total. The van der Waals surface area contributed by atoms with E-state index >= 15 is 0 Å². The Bertz CT molecular complexity index is 268. The van der Waals surface area contributed by atoms with Crippen molar-refractivity contribution >= 4 is 6.09 Å². The predicted octanol–water partition coefficient (Wildman–Crippen LogP) is 3.17. The topological polar surface area (TPSA) is 41.6 Å². The lowest BCUT2D eigenvalue weighted by Gasteiger charge is -2.28. The SMILES string of the molecule is CCN(CCNC1CCCCC1)C(=O)OC(C)(C)C. The van der Waals surface area contributed by atoms with Crippen molar-refractivity contribution in [2.75, 3.05) is 19.6 Å². The largest absolute Gasteiger partial charge is 0.444 e. The Morgan fingerprint density at radius 2 is 1.89 bits per heavy atom. The van der Waals surface area contributed by atoms with Gasteiger partial charge in [-0.2, -0.15) is 0 Å². The Morgan fingerprint density at radius 1 is 1.26 bits per heavy atom. The van der Waals surface area contributed by atoms with Crippen LogP contribution in [0.2, 0.25) is 0 Å². The van der Waals surface area contributed by atoms with E-state index in [1.165, 1.54) is 32.1 Å². The summed E-state index contributed by atoms with van der Waals surface area (Å²) in [7, 11) is 0. The van der Waals surface area contributed by atoms with Gasteiger partial charge in [0.1, 0.15) is 5.60 Å². The summed E-state index contributed by atoms with van der Waals surface area (Å²) < 4.78 is 5.39. The zero-order chi connectivity index (χ0) is 14.3. The number of amides is 1. The normalized spacial score (nSPS) is 17.3. The maximum absolute atomic E-state index is 11.9. The van der Waals surface area contributed by atoms with Crippen LogP contribution in [0, 0.1) is 0 Å². The number of carbonyl (C=O) groups excluding carboxylic acids is 1. The van der Waals surface area contributed by atoms with Gasteiger partial charge in [-0.05, 0) is 40.5 Å². The second kappa shape index (κ2) is 7.73. The Hall–Kier alpha value is -0.770. The number of likely N-dealkylation sites (N-methyl/N-ethyl adjacent to an activating group) is 1. The van der Waals surface area contributed by atoms with Crippen LogP contribution >= 0.6 is 0 Å². The number of hydrogen-bond acceptors (Lipinski definition) is 3. The molecule has 0 bridgehead atoms. The maximum atomic E-state index is 11.9. The molecule has 1 aliphatic carbocycles. The monoisotopic (exact) mass is 270 g/mol. The Balaban J connectivity index is 2.25. The molecule has 1 fully saturated rings. The molecule has 0 aliphatic heterocycles. The summed E-state index contributed by atoms with van der Waals surface area (Å²) in [6.07, 6.45) is 6.39. The maximum Gasteiger partial charge on any atom is 0.410 e. The average molecular weight is 270 g/mol. The lowest BCUT2D eigenvalue weighted by Crippen LogP contribution is -2.42. The molecular weight excluding hydrogens is 240 g/mol. The number of rotatable bonds is 5. The fraction of sp³-hybridized carbons (Fsp3) is 0.933. The number of carbonyl (C=O) groups is 1. The lowest BCUT2D eigenvalue weighted by atomic mass is 9.95. The molecule has 0 unspecified atom stereocenters. The highest BCUT2D eigenvalue weighted by Gasteiger charge is 2.21. The molecule has 19 heavy (non-hydrogen) atoms. The average Bonchev–Trinajstić information content (AvgIpc) is 2.33. The highest BCUT2D eigenvalue weighted by atomic mass is 16.6. The van der Waals surface area contributed by atoms with Crippen molar-refractivity contribution in [2.24, 2.45) is 0 Å². The van der Waals surface area contributed by atoms with Gasteiger partial charge in [0, 0.05) is 25.7 Å². The van der Waals surface area contributed by atoms with Crippen LogP contribution in [0.1, 0.15) is 59.8 Å². The van der Waals surface area contributed by atoms with Crippen LogP contribution in [-0.4, -0.2) is 42.3 Å². The smallest absolute Gasteiger partial charge is 0.410 e. The molecule has 0 radical (unpaired) electrons. The quantitative estimate of drug-likeness (QED) is 0.834. The van der Waals surface area contributed by atoms with E-state index in [9.17, 15) is 4.79 Å². The van der Waals surface area contributed by atoms with Gasteiger partial charge in [-0.25, -0.2) is 4.79 Å². The van der Waals surface area contributed by atoms with E-state index < -0.39 is 5.60 Å². The number of nitrogens with zero attached hydrogens (tertiary/aromatic N) is 1. The van der Waals surface area contributed by atoms with E-state index in [0.29, 0.717) is 12.6 Å². The van der Waals surface area contributed by atoms with Gasteiger partial charge in [0.05, 0.1) is 0 Å². The van der Waals surface area contributed by atoms with Gasteiger partial charge in [-0.15, -0.1) is 0 Å². The summed E-state index contributed by atoms with van der Waals surface area (Å²) in [5.41, 5.74) is -0.415. The molecule has 1 saturated carbocycles. The first-order valence-corrected chi connectivity index (χ1v) is 7.63. The summed E-state index contributed by atoms with van der Waals surface area (Å²) >= 11 is 0. The van der Waals surface area contributed by atoms with E-state index in [0.717, 1.165) is 13.1 Å². The highest BCUT2D eigenvalue weighted by Crippen LogP contribution is 2.17. The minimum absolute atomic E-state index is 0.208.